The predicted molar refractivity (Wildman–Crippen MR) is 121 cm³/mol. The first kappa shape index (κ1) is 32.1. The molecule has 0 aromatic heterocycles. The van der Waals surface area contributed by atoms with Gasteiger partial charge in [-0.05, 0) is 37.5 Å². The van der Waals surface area contributed by atoms with Crippen molar-refractivity contribution in [1.82, 2.24) is 9.80 Å². The zero-order valence-electron chi connectivity index (χ0n) is 20.3. The van der Waals surface area contributed by atoms with E-state index in [0.29, 0.717) is 13.0 Å². The predicted octanol–water partition coefficient (Wildman–Crippen LogP) is 3.61. The maximum absolute atomic E-state index is 11.5. The van der Waals surface area contributed by atoms with Gasteiger partial charge < -0.3 is 0 Å². The van der Waals surface area contributed by atoms with Crippen molar-refractivity contribution in [2.75, 3.05) is 6.54 Å². The molecule has 0 N–H and O–H groups in total. The molecule has 0 bridgehead atoms. The number of hydrogen-bond donors (Lipinski definition) is 0. The number of hydrogen-bond acceptors (Lipinski definition) is 4. The van der Waals surface area contributed by atoms with Crippen LogP contribution >= 0.6 is 0 Å². The van der Waals surface area contributed by atoms with Crippen LogP contribution in [0, 0.1) is 42.4 Å². The maximum Gasteiger partial charge on any atom is 0.253 e. The van der Waals surface area contributed by atoms with E-state index in [1.54, 1.807) is 6.92 Å². The van der Waals surface area contributed by atoms with Gasteiger partial charge >= 0.3 is 0 Å². The van der Waals surface area contributed by atoms with Crippen molar-refractivity contribution in [2.45, 2.75) is 80.1 Å². The van der Waals surface area contributed by atoms with Gasteiger partial charge in [0.2, 0.25) is 0 Å². The largest absolute Gasteiger partial charge is 0.279 e. The van der Waals surface area contributed by atoms with E-state index in [-0.39, 0.29) is 60.2 Å². The van der Waals surface area contributed by atoms with E-state index in [1.807, 2.05) is 6.92 Å². The second kappa shape index (κ2) is 14.1. The molecule has 31 heavy (non-hydrogen) atoms. The van der Waals surface area contributed by atoms with E-state index in [9.17, 15) is 19.2 Å². The molecule has 0 saturated carbocycles. The zero-order valence-corrected chi connectivity index (χ0v) is 24.5. The van der Waals surface area contributed by atoms with E-state index >= 15 is 0 Å². The molecule has 2 aliphatic heterocycles. The van der Waals surface area contributed by atoms with Gasteiger partial charge in [-0.25, -0.2) is 0 Å². The molecule has 1 atom stereocenters. The Balaban J connectivity index is 0. The number of imide groups is 2. The second-order valence-corrected chi connectivity index (χ2v) is 9.66. The van der Waals surface area contributed by atoms with E-state index in [2.05, 4.69) is 41.5 Å². The number of rotatable bonds is 5. The minimum atomic E-state index is -0.898. The van der Waals surface area contributed by atoms with Crippen LogP contribution in [-0.4, -0.2) is 53.3 Å². The van der Waals surface area contributed by atoms with Crippen molar-refractivity contribution in [1.29, 1.82) is 0 Å². The zero-order chi connectivity index (χ0) is 23.7. The Morgan fingerprint density at radius 1 is 0.806 bits per heavy atom. The fourth-order valence-electron chi connectivity index (χ4n) is 2.52. The van der Waals surface area contributed by atoms with E-state index in [4.69, 9.17) is 7.85 Å². The van der Waals surface area contributed by atoms with Gasteiger partial charge in [0.05, 0.1) is 0 Å². The summed E-state index contributed by atoms with van der Waals surface area (Å²) in [5, 5.41) is 0. The molecule has 2 rings (SSSR count). The molecule has 170 valence electrons. The van der Waals surface area contributed by atoms with Crippen LogP contribution in [0.15, 0.2) is 24.3 Å². The molecule has 2 heterocycles. The summed E-state index contributed by atoms with van der Waals surface area (Å²) < 4.78 is 0. The van der Waals surface area contributed by atoms with Gasteiger partial charge in [0, 0.05) is 67.4 Å². The Bertz CT molecular complexity index is 655. The van der Waals surface area contributed by atoms with Crippen LogP contribution in [0.1, 0.15) is 74.7 Å². The van der Waals surface area contributed by atoms with Crippen LogP contribution in [0.2, 0.25) is 0 Å². The number of carbonyl (C=O) groups is 4. The minimum absolute atomic E-state index is 0. The summed E-state index contributed by atoms with van der Waals surface area (Å²) >= 11 is 0. The van der Waals surface area contributed by atoms with E-state index in [1.165, 1.54) is 29.2 Å². The van der Waals surface area contributed by atoms with Crippen LogP contribution in [0.4, 0.5) is 0 Å². The molecule has 6 nitrogen and oxygen atoms in total. The summed E-state index contributed by atoms with van der Waals surface area (Å²) in [6.45, 7) is 17.0. The third kappa shape index (κ3) is 12.5. The average molecular weight is 654 g/mol. The van der Waals surface area contributed by atoms with E-state index in [0.717, 1.165) is 23.7 Å². The van der Waals surface area contributed by atoms with Crippen LogP contribution in [0.5, 0.6) is 0 Å². The Labute approximate surface area is 213 Å². The molecular formula is C23H37BN2O4U. The molecule has 2 radical (unpaired) electrons. The Hall–Kier alpha value is -1.12. The van der Waals surface area contributed by atoms with Crippen LogP contribution in [-0.2, 0) is 19.2 Å². The monoisotopic (exact) mass is 654 g/mol. The normalized spacial score (nSPS) is 17.2. The molecule has 2 aliphatic rings. The average Bonchev–Trinajstić information content (AvgIpc) is 3.09. The van der Waals surface area contributed by atoms with Gasteiger partial charge in [0.1, 0.15) is 7.85 Å². The van der Waals surface area contributed by atoms with Gasteiger partial charge in [-0.3, -0.25) is 29.0 Å². The molecule has 8 heteroatoms. The topological polar surface area (TPSA) is 74.8 Å². The summed E-state index contributed by atoms with van der Waals surface area (Å²) in [7, 11) is 6.05. The molecule has 0 fully saturated rings. The smallest absolute Gasteiger partial charge is 0.253 e. The molecule has 4 amide bonds. The molecular weight excluding hydrogens is 617 g/mol. The fourth-order valence-corrected chi connectivity index (χ4v) is 2.52. The number of amides is 4. The van der Waals surface area contributed by atoms with Gasteiger partial charge in [-0.15, -0.1) is 0 Å². The molecule has 0 aliphatic carbocycles. The van der Waals surface area contributed by atoms with Crippen LogP contribution in [0.3, 0.4) is 0 Å². The van der Waals surface area contributed by atoms with Gasteiger partial charge in [-0.1, -0.05) is 48.5 Å². The molecule has 1 unspecified atom stereocenters. The Kier molecular flexibility index (Phi) is 14.6. The SMILES string of the molecule is CC(C)C.CCCN1C(=O)C=CC1=O.[B]C(C)(CCC(C)(C)C)N1C(=O)C=CC1=O.[U]. The van der Waals surface area contributed by atoms with Crippen LogP contribution in [0.25, 0.3) is 0 Å². The Morgan fingerprint density at radius 2 is 1.16 bits per heavy atom. The van der Waals surface area contributed by atoms with Gasteiger partial charge in [0.15, 0.2) is 0 Å². The Morgan fingerprint density at radius 3 is 1.48 bits per heavy atom. The van der Waals surface area contributed by atoms with Crippen LogP contribution < -0.4 is 0 Å². The van der Waals surface area contributed by atoms with Crippen molar-refractivity contribution in [3.05, 3.63) is 24.3 Å². The summed E-state index contributed by atoms with van der Waals surface area (Å²) in [6.07, 6.45) is 7.43. The van der Waals surface area contributed by atoms with Gasteiger partial charge in [-0.2, -0.15) is 0 Å². The van der Waals surface area contributed by atoms with Crippen molar-refractivity contribution in [3.63, 3.8) is 0 Å². The number of nitrogens with zero attached hydrogens (tertiary/aromatic N) is 2. The molecule has 0 saturated heterocycles. The maximum atomic E-state index is 11.5. The molecule has 0 spiro atoms. The van der Waals surface area contributed by atoms with Crippen molar-refractivity contribution < 1.29 is 50.3 Å². The number of carbonyl (C=O) groups excluding carboxylic acids is 4. The second-order valence-electron chi connectivity index (χ2n) is 9.66. The molecule has 0 aromatic rings. The minimum Gasteiger partial charge on any atom is -0.279 e. The molecule has 0 aromatic carbocycles. The fraction of sp³-hybridized carbons (Fsp3) is 0.652. The quantitative estimate of drug-likeness (QED) is 0.336. The summed E-state index contributed by atoms with van der Waals surface area (Å²) in [5.41, 5.74) is -0.759. The summed E-state index contributed by atoms with van der Waals surface area (Å²) in [4.78, 5) is 46.9. The van der Waals surface area contributed by atoms with E-state index < -0.39 is 5.44 Å². The van der Waals surface area contributed by atoms with Crippen molar-refractivity contribution in [2.24, 2.45) is 11.3 Å². The van der Waals surface area contributed by atoms with Crippen molar-refractivity contribution in [3.8, 4) is 0 Å². The summed E-state index contributed by atoms with van der Waals surface area (Å²) in [6, 6.07) is 0. The first-order chi connectivity index (χ1) is 13.6. The third-order valence-corrected chi connectivity index (χ3v) is 4.05. The van der Waals surface area contributed by atoms with Crippen molar-refractivity contribution >= 4 is 31.5 Å². The van der Waals surface area contributed by atoms with Gasteiger partial charge in [0.25, 0.3) is 23.6 Å². The third-order valence-electron chi connectivity index (χ3n) is 4.05. The summed E-state index contributed by atoms with van der Waals surface area (Å²) in [5.74, 6) is -0.175. The first-order valence-corrected chi connectivity index (χ1v) is 10.5. The standard InChI is InChI=1S/C12H18BNO2.C7H9NO2.C4H10.U/c1-11(2,3)7-8-12(4,13)14-9(15)5-6-10(14)16;1-2-5-8-6(9)3-4-7(8)10;1-4(2)3;/h5-6H,7-8H2,1-4H3;3-4H,2,5H2,1H3;4H,1-3H3;. The first-order valence-electron chi connectivity index (χ1n) is 10.5.